The smallest absolute Gasteiger partial charge is 0.391 e. The Bertz CT molecular complexity index is 932. The Morgan fingerprint density at radius 3 is 1.69 bits per heavy atom. The molecule has 2 aliphatic carbocycles. The zero-order valence-electron chi connectivity index (χ0n) is 26.8. The monoisotopic (exact) mass is 608 g/mol. The van der Waals surface area contributed by atoms with Gasteiger partial charge in [0.15, 0.2) is 0 Å². The molecule has 0 aromatic carbocycles. The van der Waals surface area contributed by atoms with E-state index in [-0.39, 0.29) is 44.1 Å². The van der Waals surface area contributed by atoms with Crippen molar-refractivity contribution in [2.75, 3.05) is 0 Å². The molecule has 0 aromatic rings. The van der Waals surface area contributed by atoms with E-state index >= 15 is 4.39 Å². The predicted molar refractivity (Wildman–Crippen MR) is 151 cm³/mol. The first kappa shape index (κ1) is 36.3. The molecule has 0 spiro atoms. The summed E-state index contributed by atoms with van der Waals surface area (Å²) in [4.78, 5) is 40.3. The van der Waals surface area contributed by atoms with Crippen molar-refractivity contribution in [3.05, 3.63) is 0 Å². The van der Waals surface area contributed by atoms with Crippen LogP contribution < -0.4 is 0 Å². The number of esters is 3. The average Bonchev–Trinajstić information content (AvgIpc) is 2.88. The first-order valence-corrected chi connectivity index (χ1v) is 15.6. The number of ether oxygens (including phenoxy) is 3. The molecule has 0 N–H and O–H groups in total. The molecule has 0 radical (unpaired) electrons. The summed E-state index contributed by atoms with van der Waals surface area (Å²) in [5.74, 6) is -4.14. The van der Waals surface area contributed by atoms with Crippen LogP contribution in [0.5, 0.6) is 0 Å². The molecule has 6 nitrogen and oxygen atoms in total. The fourth-order valence-corrected chi connectivity index (χ4v) is 5.68. The van der Waals surface area contributed by atoms with Gasteiger partial charge in [-0.15, -0.1) is 0 Å². The molecule has 2 saturated carbocycles. The Morgan fingerprint density at radius 2 is 1.21 bits per heavy atom. The zero-order chi connectivity index (χ0) is 32.1. The van der Waals surface area contributed by atoms with Crippen LogP contribution in [0.4, 0.5) is 17.6 Å². The van der Waals surface area contributed by atoms with Gasteiger partial charge >= 0.3 is 24.1 Å². The van der Waals surface area contributed by atoms with Gasteiger partial charge in [-0.1, -0.05) is 27.2 Å². The van der Waals surface area contributed by atoms with Crippen molar-refractivity contribution in [3.8, 4) is 0 Å². The number of hydrogen-bond acceptors (Lipinski definition) is 6. The highest BCUT2D eigenvalue weighted by Crippen LogP contribution is 2.45. The van der Waals surface area contributed by atoms with Crippen molar-refractivity contribution < 1.29 is 46.2 Å². The second-order valence-electron chi connectivity index (χ2n) is 14.4. The average molecular weight is 609 g/mol. The van der Waals surface area contributed by atoms with Crippen molar-refractivity contribution in [3.63, 3.8) is 0 Å². The molecular weight excluding hydrogens is 556 g/mol. The van der Waals surface area contributed by atoms with Gasteiger partial charge in [0, 0.05) is 12.8 Å². The molecule has 0 heterocycles. The van der Waals surface area contributed by atoms with Gasteiger partial charge in [-0.05, 0) is 98.3 Å². The van der Waals surface area contributed by atoms with Crippen LogP contribution in [-0.4, -0.2) is 47.6 Å². The van der Waals surface area contributed by atoms with E-state index in [1.165, 1.54) is 13.8 Å². The second-order valence-corrected chi connectivity index (χ2v) is 14.4. The van der Waals surface area contributed by atoms with Gasteiger partial charge in [-0.2, -0.15) is 13.2 Å². The third-order valence-electron chi connectivity index (χ3n) is 9.57. The molecule has 2 rings (SSSR count). The topological polar surface area (TPSA) is 78.9 Å². The summed E-state index contributed by atoms with van der Waals surface area (Å²) in [6, 6.07) is 0. The van der Waals surface area contributed by atoms with E-state index in [0.717, 1.165) is 32.1 Å². The summed E-state index contributed by atoms with van der Waals surface area (Å²) in [6.07, 6.45) is -2.02. The second kappa shape index (κ2) is 13.8. The number of hydrogen-bond donors (Lipinski definition) is 0. The maximum absolute atomic E-state index is 17.2. The maximum atomic E-state index is 17.2. The molecule has 0 bridgehead atoms. The van der Waals surface area contributed by atoms with Gasteiger partial charge in [-0.3, -0.25) is 9.59 Å². The largest absolute Gasteiger partial charge is 0.462 e. The van der Waals surface area contributed by atoms with E-state index < -0.39 is 71.0 Å². The first-order chi connectivity index (χ1) is 19.1. The SMILES string of the molecule is CCC(C)(CC(F)(CC(C)(C)C(=O)OC1CCC(C(F)(F)F)CC1)C(=O)OC(C)(C)C(C)C)C(=O)OC1CCCCC1. The Morgan fingerprint density at radius 1 is 0.714 bits per heavy atom. The van der Waals surface area contributed by atoms with Crippen LogP contribution in [0.15, 0.2) is 0 Å². The minimum atomic E-state index is -4.30. The van der Waals surface area contributed by atoms with E-state index in [9.17, 15) is 27.6 Å². The van der Waals surface area contributed by atoms with E-state index in [2.05, 4.69) is 0 Å². The highest BCUT2D eigenvalue weighted by Gasteiger charge is 2.55. The van der Waals surface area contributed by atoms with Gasteiger partial charge in [0.05, 0.1) is 16.7 Å². The zero-order valence-corrected chi connectivity index (χ0v) is 26.8. The summed E-state index contributed by atoms with van der Waals surface area (Å²) in [6.45, 7) is 13.2. The molecule has 2 unspecified atom stereocenters. The van der Waals surface area contributed by atoms with Crippen LogP contribution in [0.2, 0.25) is 0 Å². The maximum Gasteiger partial charge on any atom is 0.391 e. The molecule has 0 aromatic heterocycles. The quantitative estimate of drug-likeness (QED) is 0.126. The number of carbonyl (C=O) groups is 3. The Hall–Kier alpha value is -1.87. The van der Waals surface area contributed by atoms with Crippen molar-refractivity contribution in [2.45, 2.75) is 162 Å². The summed E-state index contributed by atoms with van der Waals surface area (Å²) in [5, 5.41) is 0. The molecule has 0 aliphatic heterocycles. The lowest BCUT2D eigenvalue weighted by atomic mass is 9.71. The summed E-state index contributed by atoms with van der Waals surface area (Å²) < 4.78 is 73.5. The molecule has 10 heteroatoms. The standard InChI is InChI=1S/C32H52F4O6/c1-9-30(8,26(38)41-23-13-11-10-12-14-23)20-31(33,27(39)42-29(6,7)21(2)3)19-28(4,5)25(37)40-24-17-15-22(16-18-24)32(34,35)36/h21-24H,9-20H2,1-8H3. The van der Waals surface area contributed by atoms with Crippen LogP contribution in [-0.2, 0) is 28.6 Å². The highest BCUT2D eigenvalue weighted by molar-refractivity contribution is 5.85. The molecule has 0 saturated heterocycles. The first-order valence-electron chi connectivity index (χ1n) is 15.6. The van der Waals surface area contributed by atoms with E-state index in [0.29, 0.717) is 0 Å². The predicted octanol–water partition coefficient (Wildman–Crippen LogP) is 8.44. The third kappa shape index (κ3) is 9.57. The number of carbonyl (C=O) groups excluding carboxylic acids is 3. The molecule has 2 atom stereocenters. The third-order valence-corrected chi connectivity index (χ3v) is 9.57. The number of rotatable bonds is 12. The van der Waals surface area contributed by atoms with Gasteiger partial charge in [0.1, 0.15) is 17.8 Å². The van der Waals surface area contributed by atoms with Crippen molar-refractivity contribution in [1.82, 2.24) is 0 Å². The van der Waals surface area contributed by atoms with Crippen LogP contribution in [0.25, 0.3) is 0 Å². The van der Waals surface area contributed by atoms with Crippen LogP contribution in [0, 0.1) is 22.7 Å². The number of alkyl halides is 4. The molecule has 42 heavy (non-hydrogen) atoms. The van der Waals surface area contributed by atoms with Crippen molar-refractivity contribution in [2.24, 2.45) is 22.7 Å². The molecule has 2 aliphatic rings. The molecule has 2 fully saturated rings. The van der Waals surface area contributed by atoms with Crippen molar-refractivity contribution in [1.29, 1.82) is 0 Å². The molecule has 244 valence electrons. The summed E-state index contributed by atoms with van der Waals surface area (Å²) >= 11 is 0. The Balaban J connectivity index is 2.28. The van der Waals surface area contributed by atoms with Crippen LogP contribution in [0.3, 0.4) is 0 Å². The minimum Gasteiger partial charge on any atom is -0.462 e. The van der Waals surface area contributed by atoms with Gasteiger partial charge in [-0.25, -0.2) is 9.18 Å². The van der Waals surface area contributed by atoms with E-state index in [4.69, 9.17) is 14.2 Å². The lowest BCUT2D eigenvalue weighted by Gasteiger charge is -2.40. The van der Waals surface area contributed by atoms with Gasteiger partial charge < -0.3 is 14.2 Å². The number of halogens is 4. The normalized spacial score (nSPS) is 23.9. The highest BCUT2D eigenvalue weighted by atomic mass is 19.4. The van der Waals surface area contributed by atoms with Crippen LogP contribution >= 0.6 is 0 Å². The summed E-state index contributed by atoms with van der Waals surface area (Å²) in [7, 11) is 0. The van der Waals surface area contributed by atoms with Crippen molar-refractivity contribution >= 4 is 17.9 Å². The fraction of sp³-hybridized carbons (Fsp3) is 0.906. The lowest BCUT2D eigenvalue weighted by molar-refractivity contribution is -0.191. The minimum absolute atomic E-state index is 0.0539. The van der Waals surface area contributed by atoms with E-state index in [1.807, 2.05) is 13.8 Å². The van der Waals surface area contributed by atoms with Crippen LogP contribution in [0.1, 0.15) is 132 Å². The Labute approximate surface area is 249 Å². The Kier molecular flexibility index (Phi) is 12.0. The fourth-order valence-electron chi connectivity index (χ4n) is 5.68. The van der Waals surface area contributed by atoms with Gasteiger partial charge in [0.25, 0.3) is 0 Å². The summed E-state index contributed by atoms with van der Waals surface area (Å²) in [5.41, 5.74) is -6.69. The lowest BCUT2D eigenvalue weighted by Crippen LogP contribution is -2.51. The molecular formula is C32H52F4O6. The molecule has 0 amide bonds. The van der Waals surface area contributed by atoms with E-state index in [1.54, 1.807) is 27.7 Å². The van der Waals surface area contributed by atoms with Gasteiger partial charge in [0.2, 0.25) is 5.67 Å².